The summed E-state index contributed by atoms with van der Waals surface area (Å²) in [6.45, 7) is 4.86. The number of phosphoric ester groups is 1. The highest BCUT2D eigenvalue weighted by Gasteiger charge is 2.28. The molecule has 86 heavy (non-hydrogen) atoms. The average Bonchev–Trinajstić information content (AvgIpc) is 3.70. The molecule has 3 N–H and O–H groups in total. The number of amides is 1. The van der Waals surface area contributed by atoms with E-state index in [1.165, 1.54) is 340 Å². The zero-order valence-corrected chi connectivity index (χ0v) is 59.5. The molecule has 0 aromatic rings. The van der Waals surface area contributed by atoms with Gasteiger partial charge in [0.15, 0.2) is 0 Å². The molecule has 0 aromatic heterocycles. The maximum Gasteiger partial charge on any atom is 0.472 e. The van der Waals surface area contributed by atoms with Gasteiger partial charge in [-0.15, -0.1) is 0 Å². The number of quaternary nitrogens is 1. The highest BCUT2D eigenvalue weighted by molar-refractivity contribution is 7.47. The van der Waals surface area contributed by atoms with E-state index in [1.807, 2.05) is 27.2 Å². The van der Waals surface area contributed by atoms with Crippen LogP contribution in [0.25, 0.3) is 0 Å². The first-order valence-electron chi connectivity index (χ1n) is 38.4. The summed E-state index contributed by atoms with van der Waals surface area (Å²) in [5.74, 6) is -0.178. The molecular formula is C77H152N2O6P+. The van der Waals surface area contributed by atoms with E-state index in [4.69, 9.17) is 9.05 Å². The van der Waals surface area contributed by atoms with Crippen molar-refractivity contribution in [2.24, 2.45) is 0 Å². The molecule has 0 aliphatic heterocycles. The fraction of sp³-hybridized carbons (Fsp3) is 0.909. The van der Waals surface area contributed by atoms with Gasteiger partial charge in [0.25, 0.3) is 0 Å². The van der Waals surface area contributed by atoms with Gasteiger partial charge >= 0.3 is 7.82 Å². The van der Waals surface area contributed by atoms with Gasteiger partial charge in [-0.05, 0) is 57.8 Å². The lowest BCUT2D eigenvalue weighted by atomic mass is 10.0. The van der Waals surface area contributed by atoms with Gasteiger partial charge in [-0.25, -0.2) is 4.57 Å². The topological polar surface area (TPSA) is 105 Å². The Hall–Kier alpha value is -1.28. The monoisotopic (exact) mass is 1230 g/mol. The lowest BCUT2D eigenvalue weighted by Crippen LogP contribution is -2.45. The van der Waals surface area contributed by atoms with Crippen LogP contribution in [0.15, 0.2) is 36.5 Å². The Bertz CT molecular complexity index is 1500. The maximum absolute atomic E-state index is 13.1. The first-order chi connectivity index (χ1) is 42.0. The molecule has 0 aliphatic carbocycles. The molecule has 0 spiro atoms. The predicted octanol–water partition coefficient (Wildman–Crippen LogP) is 24.8. The van der Waals surface area contributed by atoms with E-state index in [9.17, 15) is 19.4 Å². The second-order valence-electron chi connectivity index (χ2n) is 27.7. The Morgan fingerprint density at radius 2 is 0.640 bits per heavy atom. The van der Waals surface area contributed by atoms with Gasteiger partial charge in [-0.1, -0.05) is 371 Å². The fourth-order valence-electron chi connectivity index (χ4n) is 11.9. The van der Waals surface area contributed by atoms with Crippen molar-refractivity contribution < 1.29 is 32.9 Å². The third-order valence-electron chi connectivity index (χ3n) is 17.8. The van der Waals surface area contributed by atoms with Crippen LogP contribution in [0.1, 0.15) is 399 Å². The average molecular weight is 1230 g/mol. The van der Waals surface area contributed by atoms with Crippen LogP contribution >= 0.6 is 7.82 Å². The van der Waals surface area contributed by atoms with E-state index in [1.54, 1.807) is 6.08 Å². The largest absolute Gasteiger partial charge is 0.472 e. The van der Waals surface area contributed by atoms with Gasteiger partial charge in [-0.2, -0.15) is 0 Å². The Labute approximate surface area is 537 Å². The van der Waals surface area contributed by atoms with E-state index < -0.39 is 20.0 Å². The van der Waals surface area contributed by atoms with Gasteiger partial charge in [0.2, 0.25) is 5.91 Å². The number of aliphatic hydroxyl groups excluding tert-OH is 1. The second kappa shape index (κ2) is 68.1. The van der Waals surface area contributed by atoms with Gasteiger partial charge < -0.3 is 19.8 Å². The third-order valence-corrected chi connectivity index (χ3v) is 18.8. The van der Waals surface area contributed by atoms with Crippen molar-refractivity contribution in [1.82, 2.24) is 5.32 Å². The minimum atomic E-state index is -4.36. The number of hydrogen-bond acceptors (Lipinski definition) is 5. The van der Waals surface area contributed by atoms with Gasteiger partial charge in [0.1, 0.15) is 13.2 Å². The Morgan fingerprint density at radius 3 is 0.930 bits per heavy atom. The second-order valence-corrected chi connectivity index (χ2v) is 29.2. The molecule has 3 atom stereocenters. The lowest BCUT2D eigenvalue weighted by Gasteiger charge is -2.25. The van der Waals surface area contributed by atoms with Crippen LogP contribution in [0.3, 0.4) is 0 Å². The molecule has 0 saturated heterocycles. The molecule has 0 radical (unpaired) electrons. The van der Waals surface area contributed by atoms with E-state index in [0.717, 1.165) is 38.5 Å². The molecule has 0 aliphatic rings. The van der Waals surface area contributed by atoms with Gasteiger partial charge in [0.05, 0.1) is 39.9 Å². The van der Waals surface area contributed by atoms with Crippen LogP contribution in [-0.2, 0) is 18.4 Å². The highest BCUT2D eigenvalue weighted by Crippen LogP contribution is 2.43. The number of rotatable bonds is 72. The Kier molecular flexibility index (Phi) is 67.1. The minimum Gasteiger partial charge on any atom is -0.387 e. The molecule has 1 amide bonds. The third kappa shape index (κ3) is 70.2. The van der Waals surface area contributed by atoms with Crippen molar-refractivity contribution in [2.45, 2.75) is 411 Å². The van der Waals surface area contributed by atoms with Crippen LogP contribution in [0.2, 0.25) is 0 Å². The normalized spacial score (nSPS) is 13.7. The van der Waals surface area contributed by atoms with Crippen LogP contribution in [0.5, 0.6) is 0 Å². The molecule has 8 nitrogen and oxygen atoms in total. The summed E-state index contributed by atoms with van der Waals surface area (Å²) in [6, 6.07) is -0.863. The number of nitrogens with one attached hydrogen (secondary N) is 1. The SMILES string of the molecule is CCCCCCCCCC/C=C\CCCCCCCCCCCCCCCCCCCCCCCCCCCC(=O)NC(COP(=O)(O)OCC[N+](C)(C)C)C(O)/C=C/CC/C=C/CCCCCCCCCCCCCCCCCCCCCCC. The van der Waals surface area contributed by atoms with Crippen molar-refractivity contribution in [1.29, 1.82) is 0 Å². The minimum absolute atomic E-state index is 0.0584. The van der Waals surface area contributed by atoms with Crippen LogP contribution in [-0.4, -0.2) is 73.4 Å². The number of allylic oxidation sites excluding steroid dienone is 5. The number of unbranched alkanes of at least 4 members (excludes halogenated alkanes) is 55. The number of phosphoric acid groups is 1. The predicted molar refractivity (Wildman–Crippen MR) is 378 cm³/mol. The molecule has 0 aromatic carbocycles. The summed E-state index contributed by atoms with van der Waals surface area (Å²) in [5.41, 5.74) is 0. The summed E-state index contributed by atoms with van der Waals surface area (Å²) < 4.78 is 23.8. The van der Waals surface area contributed by atoms with Gasteiger partial charge in [-0.3, -0.25) is 13.8 Å². The molecule has 510 valence electrons. The van der Waals surface area contributed by atoms with Crippen LogP contribution in [0, 0.1) is 0 Å². The molecule has 9 heteroatoms. The number of carbonyl (C=O) groups is 1. The first-order valence-corrected chi connectivity index (χ1v) is 39.9. The Balaban J connectivity index is 3.98. The summed E-state index contributed by atoms with van der Waals surface area (Å²) in [5, 5.41) is 14.0. The zero-order valence-electron chi connectivity index (χ0n) is 58.6. The Morgan fingerprint density at radius 1 is 0.384 bits per heavy atom. The van der Waals surface area contributed by atoms with E-state index >= 15 is 0 Å². The summed E-state index contributed by atoms with van der Waals surface area (Å²) in [7, 11) is 1.57. The number of carbonyl (C=O) groups excluding carboxylic acids is 1. The first kappa shape index (κ1) is 84.7. The van der Waals surface area contributed by atoms with Gasteiger partial charge in [0, 0.05) is 6.42 Å². The maximum atomic E-state index is 13.1. The number of likely N-dealkylation sites (N-methyl/N-ethyl adjacent to an activating group) is 1. The molecular weight excluding hydrogens is 1080 g/mol. The van der Waals surface area contributed by atoms with Crippen LogP contribution in [0.4, 0.5) is 0 Å². The fourth-order valence-corrected chi connectivity index (χ4v) is 12.6. The number of aliphatic hydroxyl groups is 1. The molecule has 0 heterocycles. The van der Waals surface area contributed by atoms with Crippen molar-refractivity contribution in [2.75, 3.05) is 40.9 Å². The summed E-state index contributed by atoms with van der Waals surface area (Å²) >= 11 is 0. The van der Waals surface area contributed by atoms with Crippen molar-refractivity contribution in [3.8, 4) is 0 Å². The zero-order chi connectivity index (χ0) is 62.6. The van der Waals surface area contributed by atoms with E-state index in [-0.39, 0.29) is 19.1 Å². The number of hydrogen-bond donors (Lipinski definition) is 3. The van der Waals surface area contributed by atoms with Crippen molar-refractivity contribution >= 4 is 13.7 Å². The van der Waals surface area contributed by atoms with E-state index in [0.29, 0.717) is 17.4 Å². The quantitative estimate of drug-likeness (QED) is 0.0243. The van der Waals surface area contributed by atoms with Crippen molar-refractivity contribution in [3.05, 3.63) is 36.5 Å². The van der Waals surface area contributed by atoms with E-state index in [2.05, 4.69) is 43.5 Å². The summed E-state index contributed by atoms with van der Waals surface area (Å²) in [6.07, 6.45) is 91.9. The highest BCUT2D eigenvalue weighted by atomic mass is 31.2. The molecule has 0 rings (SSSR count). The van der Waals surface area contributed by atoms with Crippen molar-refractivity contribution in [3.63, 3.8) is 0 Å². The lowest BCUT2D eigenvalue weighted by molar-refractivity contribution is -0.870. The molecule has 0 bridgehead atoms. The molecule has 0 saturated carbocycles. The molecule has 3 unspecified atom stereocenters. The number of nitrogens with zero attached hydrogens (tertiary/aromatic N) is 1. The smallest absolute Gasteiger partial charge is 0.387 e. The van der Waals surface area contributed by atoms with Crippen LogP contribution < -0.4 is 5.32 Å². The standard InChI is InChI=1S/C77H151N2O6P/c1-6-8-10-12-14-16-18-20-22-24-26-28-30-32-34-35-36-37-38-39-40-41-42-43-45-47-49-51-53-55-57-59-61-63-65-67-69-71-77(81)78-75(74-85-86(82,83)84-73-72-79(3,4)5)76(80)70-68-66-64-62-60-58-56-54-52-50-48-46-44-33-31-29-27-25-23-21-19-17-15-13-11-9-7-2/h24,26,60,62,68,70,75-76,80H,6-23,25,27-59,61,63-67,69,71-74H2,1-5H3,(H-,78,81,82,83)/p+1/b26-24-,62-60+,70-68+. The molecule has 0 fully saturated rings. The summed E-state index contributed by atoms with van der Waals surface area (Å²) in [4.78, 5) is 23.5.